The van der Waals surface area contributed by atoms with Crippen molar-refractivity contribution in [3.05, 3.63) is 12.2 Å². The monoisotopic (exact) mass is 218 g/mol. The topological polar surface area (TPSA) is 17.1 Å². The van der Waals surface area contributed by atoms with Gasteiger partial charge in [-0.1, -0.05) is 26.0 Å². The van der Waals surface area contributed by atoms with E-state index in [1.807, 2.05) is 0 Å². The minimum atomic E-state index is 0.0724. The van der Waals surface area contributed by atoms with Gasteiger partial charge in [-0.05, 0) is 49.9 Å². The fourth-order valence-corrected chi connectivity index (χ4v) is 4.82. The zero-order valence-electron chi connectivity index (χ0n) is 10.5. The molecule has 0 aliphatic heterocycles. The number of rotatable bonds is 0. The van der Waals surface area contributed by atoms with Gasteiger partial charge in [-0.25, -0.2) is 0 Å². The number of hydrogen-bond donors (Lipinski definition) is 0. The lowest BCUT2D eigenvalue weighted by Gasteiger charge is -2.31. The minimum absolute atomic E-state index is 0.0724. The molecule has 16 heavy (non-hydrogen) atoms. The van der Waals surface area contributed by atoms with Crippen LogP contribution in [0.5, 0.6) is 0 Å². The molecule has 2 bridgehead atoms. The molecule has 1 heteroatoms. The molecule has 88 valence electrons. The molecular weight excluding hydrogens is 196 g/mol. The second kappa shape index (κ2) is 3.21. The Hall–Kier alpha value is -0.590. The first-order chi connectivity index (χ1) is 7.54. The van der Waals surface area contributed by atoms with Gasteiger partial charge in [0.25, 0.3) is 0 Å². The Morgan fingerprint density at radius 1 is 1.25 bits per heavy atom. The molecular formula is C15H22O. The molecule has 0 saturated heterocycles. The number of carbonyl (C=O) groups is 1. The standard InChI is InChI=1S/C15H22O/c1-9-6-12-11(3)8-15(14(12)16)5-4-10(2)13(15)7-9/h10-13H,1,4-8H2,2-3H3/t10-,11+,12+,13+,15+/m0/s1. The van der Waals surface area contributed by atoms with E-state index in [1.54, 1.807) is 0 Å². The molecule has 3 rings (SSSR count). The van der Waals surface area contributed by atoms with Crippen LogP contribution in [0.1, 0.15) is 46.0 Å². The van der Waals surface area contributed by atoms with Crippen molar-refractivity contribution >= 4 is 5.78 Å². The zero-order valence-corrected chi connectivity index (χ0v) is 10.5. The van der Waals surface area contributed by atoms with E-state index in [4.69, 9.17) is 0 Å². The first-order valence-electron chi connectivity index (χ1n) is 6.75. The van der Waals surface area contributed by atoms with Crippen molar-refractivity contribution in [1.82, 2.24) is 0 Å². The van der Waals surface area contributed by atoms with Crippen LogP contribution in [0.15, 0.2) is 12.2 Å². The van der Waals surface area contributed by atoms with Crippen LogP contribution in [0.2, 0.25) is 0 Å². The number of allylic oxidation sites excluding steroid dienone is 1. The Balaban J connectivity index is 2.07. The molecule has 0 N–H and O–H groups in total. The Bertz CT molecular complexity index is 356. The van der Waals surface area contributed by atoms with Crippen molar-refractivity contribution in [2.75, 3.05) is 0 Å². The normalized spacial score (nSPS) is 51.6. The summed E-state index contributed by atoms with van der Waals surface area (Å²) in [5.74, 6) is 2.85. The highest BCUT2D eigenvalue weighted by Crippen LogP contribution is 2.62. The molecule has 5 atom stereocenters. The maximum atomic E-state index is 12.7. The third-order valence-electron chi connectivity index (χ3n) is 5.66. The van der Waals surface area contributed by atoms with E-state index in [0.29, 0.717) is 23.5 Å². The van der Waals surface area contributed by atoms with Crippen LogP contribution in [-0.4, -0.2) is 5.78 Å². The molecule has 1 spiro atoms. The van der Waals surface area contributed by atoms with Gasteiger partial charge in [0.2, 0.25) is 0 Å². The van der Waals surface area contributed by atoms with Gasteiger partial charge in [0.1, 0.15) is 5.78 Å². The van der Waals surface area contributed by atoms with Crippen LogP contribution in [0.4, 0.5) is 0 Å². The van der Waals surface area contributed by atoms with Crippen LogP contribution in [0.3, 0.4) is 0 Å². The summed E-state index contributed by atoms with van der Waals surface area (Å²) in [7, 11) is 0. The van der Waals surface area contributed by atoms with E-state index in [9.17, 15) is 4.79 Å². The van der Waals surface area contributed by atoms with Crippen LogP contribution in [0.25, 0.3) is 0 Å². The molecule has 0 unspecified atom stereocenters. The van der Waals surface area contributed by atoms with E-state index in [0.717, 1.165) is 25.2 Å². The molecule has 3 saturated carbocycles. The second-order valence-electron chi connectivity index (χ2n) is 6.59. The van der Waals surface area contributed by atoms with Crippen LogP contribution < -0.4 is 0 Å². The summed E-state index contributed by atoms with van der Waals surface area (Å²) in [4.78, 5) is 12.7. The van der Waals surface area contributed by atoms with Crippen molar-refractivity contribution in [3.63, 3.8) is 0 Å². The van der Waals surface area contributed by atoms with Gasteiger partial charge in [0, 0.05) is 11.3 Å². The van der Waals surface area contributed by atoms with Crippen molar-refractivity contribution in [2.24, 2.45) is 29.1 Å². The molecule has 3 aliphatic rings. The smallest absolute Gasteiger partial charge is 0.142 e. The Labute approximate surface area is 98.3 Å². The number of hydrogen-bond acceptors (Lipinski definition) is 1. The lowest BCUT2D eigenvalue weighted by atomic mass is 9.71. The lowest BCUT2D eigenvalue weighted by Crippen LogP contribution is -2.32. The van der Waals surface area contributed by atoms with Gasteiger partial charge in [0.15, 0.2) is 0 Å². The average molecular weight is 218 g/mol. The maximum absolute atomic E-state index is 12.7. The zero-order chi connectivity index (χ0) is 11.5. The number of Topliss-reactive ketones (excluding diaryl/α,β-unsaturated/α-hetero) is 1. The van der Waals surface area contributed by atoms with E-state index >= 15 is 0 Å². The second-order valence-corrected chi connectivity index (χ2v) is 6.59. The molecule has 0 radical (unpaired) electrons. The highest BCUT2D eigenvalue weighted by atomic mass is 16.1. The van der Waals surface area contributed by atoms with Crippen molar-refractivity contribution < 1.29 is 4.79 Å². The molecule has 0 aromatic rings. The van der Waals surface area contributed by atoms with Gasteiger partial charge < -0.3 is 0 Å². The fraction of sp³-hybridized carbons (Fsp3) is 0.800. The van der Waals surface area contributed by atoms with Crippen molar-refractivity contribution in [1.29, 1.82) is 0 Å². The molecule has 1 nitrogen and oxygen atoms in total. The summed E-state index contributed by atoms with van der Waals surface area (Å²) in [6.07, 6.45) is 5.68. The fourth-order valence-electron chi connectivity index (χ4n) is 4.82. The molecule has 0 heterocycles. The van der Waals surface area contributed by atoms with Gasteiger partial charge in [-0.15, -0.1) is 0 Å². The molecule has 0 amide bonds. The maximum Gasteiger partial charge on any atom is 0.142 e. The molecule has 0 aromatic heterocycles. The lowest BCUT2D eigenvalue weighted by molar-refractivity contribution is -0.130. The van der Waals surface area contributed by atoms with Crippen molar-refractivity contribution in [2.45, 2.75) is 46.0 Å². The Kier molecular flexibility index (Phi) is 2.12. The number of carbonyl (C=O) groups excluding carboxylic acids is 1. The summed E-state index contributed by atoms with van der Waals surface area (Å²) in [6, 6.07) is 0. The molecule has 0 aromatic carbocycles. The van der Waals surface area contributed by atoms with E-state index in [1.165, 1.54) is 18.4 Å². The van der Waals surface area contributed by atoms with E-state index < -0.39 is 0 Å². The summed E-state index contributed by atoms with van der Waals surface area (Å²) in [5, 5.41) is 0. The number of ketones is 1. The van der Waals surface area contributed by atoms with Crippen molar-refractivity contribution in [3.8, 4) is 0 Å². The highest BCUT2D eigenvalue weighted by Gasteiger charge is 2.60. The average Bonchev–Trinajstić information content (AvgIpc) is 2.59. The predicted molar refractivity (Wildman–Crippen MR) is 65.0 cm³/mol. The summed E-state index contributed by atoms with van der Waals surface area (Å²) in [5.41, 5.74) is 1.41. The predicted octanol–water partition coefficient (Wildman–Crippen LogP) is 3.59. The first-order valence-corrected chi connectivity index (χ1v) is 6.75. The summed E-state index contributed by atoms with van der Waals surface area (Å²) < 4.78 is 0. The Morgan fingerprint density at radius 2 is 2.00 bits per heavy atom. The van der Waals surface area contributed by atoms with Gasteiger partial charge in [-0.2, -0.15) is 0 Å². The SMILES string of the molecule is C=C1C[C@@H]2[C@@H](C)CC[C@@]23C[C@@H](C)[C@@H](C1)C3=O. The largest absolute Gasteiger partial charge is 0.299 e. The van der Waals surface area contributed by atoms with E-state index in [-0.39, 0.29) is 5.41 Å². The Morgan fingerprint density at radius 3 is 2.75 bits per heavy atom. The first kappa shape index (κ1) is 10.6. The van der Waals surface area contributed by atoms with Crippen LogP contribution >= 0.6 is 0 Å². The van der Waals surface area contributed by atoms with Gasteiger partial charge in [-0.3, -0.25) is 4.79 Å². The molecule has 3 fully saturated rings. The van der Waals surface area contributed by atoms with Gasteiger partial charge in [0.05, 0.1) is 0 Å². The quantitative estimate of drug-likeness (QED) is 0.568. The third-order valence-corrected chi connectivity index (χ3v) is 5.66. The van der Waals surface area contributed by atoms with Gasteiger partial charge >= 0.3 is 0 Å². The third kappa shape index (κ3) is 1.15. The van der Waals surface area contributed by atoms with E-state index in [2.05, 4.69) is 20.4 Å². The number of fused-ring (bicyclic) bond motifs is 1. The van der Waals surface area contributed by atoms with Crippen LogP contribution in [0, 0.1) is 29.1 Å². The summed E-state index contributed by atoms with van der Waals surface area (Å²) >= 11 is 0. The minimum Gasteiger partial charge on any atom is -0.299 e. The molecule has 3 aliphatic carbocycles. The summed E-state index contributed by atoms with van der Waals surface area (Å²) in [6.45, 7) is 8.81. The van der Waals surface area contributed by atoms with Crippen LogP contribution in [-0.2, 0) is 4.79 Å². The highest BCUT2D eigenvalue weighted by molar-refractivity contribution is 5.91.